The summed E-state index contributed by atoms with van der Waals surface area (Å²) in [5, 5.41) is 3.21. The molecule has 0 spiro atoms. The molecule has 0 aliphatic carbocycles. The van der Waals surface area contributed by atoms with Gasteiger partial charge in [-0.25, -0.2) is 8.42 Å². The van der Waals surface area contributed by atoms with Crippen molar-refractivity contribution in [3.8, 4) is 0 Å². The number of nitrogens with one attached hydrogen (secondary N) is 1. The third kappa shape index (κ3) is 1.70. The van der Waals surface area contributed by atoms with Crippen LogP contribution in [0, 0.1) is 13.8 Å². The van der Waals surface area contributed by atoms with Crippen LogP contribution >= 0.6 is 0 Å². The van der Waals surface area contributed by atoms with E-state index >= 15 is 0 Å². The van der Waals surface area contributed by atoms with Gasteiger partial charge in [0.1, 0.15) is 0 Å². The maximum Gasteiger partial charge on any atom is 0.182 e. The highest BCUT2D eigenvalue weighted by Gasteiger charge is 2.31. The second-order valence-corrected chi connectivity index (χ2v) is 6.23. The molecule has 0 fully saturated rings. The van der Waals surface area contributed by atoms with E-state index in [2.05, 4.69) is 5.32 Å². The normalized spacial score (nSPS) is 22.3. The lowest BCUT2D eigenvalue weighted by molar-refractivity contribution is 0.585. The number of anilines is 1. The number of rotatable bonds is 1. The fourth-order valence-electron chi connectivity index (χ4n) is 2.09. The average Bonchev–Trinajstić information content (AvgIpc) is 2.21. The van der Waals surface area contributed by atoms with E-state index in [4.69, 9.17) is 5.73 Å². The van der Waals surface area contributed by atoms with Crippen molar-refractivity contribution in [3.05, 3.63) is 23.3 Å². The summed E-state index contributed by atoms with van der Waals surface area (Å²) in [4.78, 5) is 0.442. The molecule has 0 saturated heterocycles. The number of nitrogens with two attached hydrogens (primary N) is 1. The van der Waals surface area contributed by atoms with E-state index in [-0.39, 0.29) is 11.8 Å². The second kappa shape index (κ2) is 3.75. The van der Waals surface area contributed by atoms with Crippen LogP contribution in [0.3, 0.4) is 0 Å². The number of benzene rings is 1. The molecule has 5 heteroatoms. The summed E-state index contributed by atoms with van der Waals surface area (Å²) in [5.41, 5.74) is 8.01. The Hall–Kier alpha value is -1.07. The summed E-state index contributed by atoms with van der Waals surface area (Å²) in [5.74, 6) is 0.0841. The quantitative estimate of drug-likeness (QED) is 0.762. The highest BCUT2D eigenvalue weighted by atomic mass is 32.2. The molecular formula is C11H16N2O2S. The molecule has 0 saturated carbocycles. The van der Waals surface area contributed by atoms with Crippen LogP contribution in [0.25, 0.3) is 0 Å². The van der Waals surface area contributed by atoms with Gasteiger partial charge in [-0.15, -0.1) is 0 Å². The molecule has 2 rings (SSSR count). The molecule has 0 bridgehead atoms. The first-order valence-corrected chi connectivity index (χ1v) is 6.90. The molecular weight excluding hydrogens is 224 g/mol. The Morgan fingerprint density at radius 3 is 2.62 bits per heavy atom. The molecule has 1 atom stereocenters. The molecule has 4 nitrogen and oxygen atoms in total. The number of sulfone groups is 1. The highest BCUT2D eigenvalue weighted by molar-refractivity contribution is 7.91. The van der Waals surface area contributed by atoms with Crippen molar-refractivity contribution in [2.75, 3.05) is 17.6 Å². The SMILES string of the molecule is Cc1ccc(C)c2c1NC(CN)CS2(=O)=O. The Morgan fingerprint density at radius 1 is 1.38 bits per heavy atom. The summed E-state index contributed by atoms with van der Waals surface area (Å²) in [7, 11) is -3.20. The van der Waals surface area contributed by atoms with Gasteiger partial charge in [-0.1, -0.05) is 12.1 Å². The third-order valence-corrected chi connectivity index (χ3v) is 4.92. The molecule has 0 amide bonds. The molecule has 1 aliphatic heterocycles. The van der Waals surface area contributed by atoms with Gasteiger partial charge in [0.25, 0.3) is 0 Å². The minimum atomic E-state index is -3.20. The third-order valence-electron chi connectivity index (χ3n) is 2.93. The zero-order valence-corrected chi connectivity index (χ0v) is 10.3. The average molecular weight is 240 g/mol. The number of hydrogen-bond donors (Lipinski definition) is 2. The van der Waals surface area contributed by atoms with E-state index in [1.54, 1.807) is 0 Å². The number of hydrogen-bond acceptors (Lipinski definition) is 4. The lowest BCUT2D eigenvalue weighted by Crippen LogP contribution is -2.40. The van der Waals surface area contributed by atoms with Crippen LogP contribution in [-0.2, 0) is 9.84 Å². The van der Waals surface area contributed by atoms with Gasteiger partial charge in [-0.3, -0.25) is 0 Å². The first-order chi connectivity index (χ1) is 7.45. The van der Waals surface area contributed by atoms with Gasteiger partial charge < -0.3 is 11.1 Å². The molecule has 16 heavy (non-hydrogen) atoms. The van der Waals surface area contributed by atoms with E-state index in [1.165, 1.54) is 0 Å². The molecule has 1 aliphatic rings. The van der Waals surface area contributed by atoms with Crippen molar-refractivity contribution < 1.29 is 8.42 Å². The minimum absolute atomic E-state index is 0.0841. The van der Waals surface area contributed by atoms with Crippen molar-refractivity contribution in [2.24, 2.45) is 5.73 Å². The maximum absolute atomic E-state index is 12.1. The molecule has 0 radical (unpaired) electrons. The van der Waals surface area contributed by atoms with E-state index in [1.807, 2.05) is 26.0 Å². The standard InChI is InChI=1S/C11H16N2O2S/c1-7-3-4-8(2)11-10(7)13-9(5-12)6-16(11,14)15/h3-4,9,13H,5-6,12H2,1-2H3. The van der Waals surface area contributed by atoms with Gasteiger partial charge in [-0.05, 0) is 25.0 Å². The van der Waals surface area contributed by atoms with Gasteiger partial charge >= 0.3 is 0 Å². The van der Waals surface area contributed by atoms with Gasteiger partial charge in [0.15, 0.2) is 9.84 Å². The van der Waals surface area contributed by atoms with E-state index < -0.39 is 9.84 Å². The van der Waals surface area contributed by atoms with Crippen LogP contribution < -0.4 is 11.1 Å². The van der Waals surface area contributed by atoms with Crippen molar-refractivity contribution in [2.45, 2.75) is 24.8 Å². The smallest absolute Gasteiger partial charge is 0.182 e. The lowest BCUT2D eigenvalue weighted by atomic mass is 10.1. The monoisotopic (exact) mass is 240 g/mol. The zero-order valence-electron chi connectivity index (χ0n) is 9.45. The molecule has 1 unspecified atom stereocenters. The molecule has 1 aromatic rings. The molecule has 1 aromatic carbocycles. The minimum Gasteiger partial charge on any atom is -0.379 e. The van der Waals surface area contributed by atoms with E-state index in [0.717, 1.165) is 16.8 Å². The first kappa shape index (κ1) is 11.4. The van der Waals surface area contributed by atoms with Crippen molar-refractivity contribution in [3.63, 3.8) is 0 Å². The van der Waals surface area contributed by atoms with Gasteiger partial charge in [-0.2, -0.15) is 0 Å². The largest absolute Gasteiger partial charge is 0.379 e. The topological polar surface area (TPSA) is 72.2 Å². The molecule has 88 valence electrons. The maximum atomic E-state index is 12.1. The van der Waals surface area contributed by atoms with Crippen LogP contribution in [0.1, 0.15) is 11.1 Å². The Bertz CT molecular complexity index is 523. The second-order valence-electron chi connectivity index (χ2n) is 4.26. The van der Waals surface area contributed by atoms with Crippen LogP contribution in [0.4, 0.5) is 5.69 Å². The first-order valence-electron chi connectivity index (χ1n) is 5.25. The summed E-state index contributed by atoms with van der Waals surface area (Å²) in [6.07, 6.45) is 0. The molecule has 0 aromatic heterocycles. The summed E-state index contributed by atoms with van der Waals surface area (Å²) in [6, 6.07) is 3.59. The molecule has 1 heterocycles. The van der Waals surface area contributed by atoms with Crippen LogP contribution in [0.2, 0.25) is 0 Å². The number of aryl methyl sites for hydroxylation is 2. The summed E-state index contributed by atoms with van der Waals surface area (Å²) >= 11 is 0. The summed E-state index contributed by atoms with van der Waals surface area (Å²) < 4.78 is 24.2. The van der Waals surface area contributed by atoms with E-state index in [9.17, 15) is 8.42 Å². The van der Waals surface area contributed by atoms with Crippen molar-refractivity contribution in [1.29, 1.82) is 0 Å². The number of fused-ring (bicyclic) bond motifs is 1. The van der Waals surface area contributed by atoms with Crippen molar-refractivity contribution >= 4 is 15.5 Å². The highest BCUT2D eigenvalue weighted by Crippen LogP contribution is 2.33. The zero-order chi connectivity index (χ0) is 11.9. The Balaban J connectivity index is 2.68. The van der Waals surface area contributed by atoms with Crippen LogP contribution in [-0.4, -0.2) is 26.8 Å². The predicted octanol–water partition coefficient (Wildman–Crippen LogP) is 0.830. The van der Waals surface area contributed by atoms with Gasteiger partial charge in [0.2, 0.25) is 0 Å². The predicted molar refractivity (Wildman–Crippen MR) is 64.4 cm³/mol. The van der Waals surface area contributed by atoms with E-state index in [0.29, 0.717) is 11.4 Å². The molecule has 3 N–H and O–H groups in total. The Labute approximate surface area is 95.8 Å². The Kier molecular flexibility index (Phi) is 2.67. The van der Waals surface area contributed by atoms with Crippen LogP contribution in [0.15, 0.2) is 17.0 Å². The fourth-order valence-corrected chi connectivity index (χ4v) is 4.09. The summed E-state index contributed by atoms with van der Waals surface area (Å²) in [6.45, 7) is 4.05. The van der Waals surface area contributed by atoms with Gasteiger partial charge in [0, 0.05) is 6.54 Å². The van der Waals surface area contributed by atoms with Crippen molar-refractivity contribution in [1.82, 2.24) is 0 Å². The lowest BCUT2D eigenvalue weighted by Gasteiger charge is -2.28. The fraction of sp³-hybridized carbons (Fsp3) is 0.455. The van der Waals surface area contributed by atoms with Gasteiger partial charge in [0.05, 0.1) is 22.4 Å². The Morgan fingerprint density at radius 2 is 2.00 bits per heavy atom. The van der Waals surface area contributed by atoms with Crippen LogP contribution in [0.5, 0.6) is 0 Å².